The maximum Gasteiger partial charge on any atom is 0.234 e. The number of nitrogens with one attached hydrogen (secondary N) is 2. The second kappa shape index (κ2) is 11.3. The number of guanidine groups is 1. The fourth-order valence-electron chi connectivity index (χ4n) is 3.93. The first-order valence-electron chi connectivity index (χ1n) is 11.2. The Hall–Kier alpha value is -2.12. The monoisotopic (exact) mass is 415 g/mol. The van der Waals surface area contributed by atoms with Gasteiger partial charge in [-0.15, -0.1) is 0 Å². The lowest BCUT2D eigenvalue weighted by Gasteiger charge is -2.36. The van der Waals surface area contributed by atoms with Crippen LogP contribution in [0.1, 0.15) is 25.3 Å². The van der Waals surface area contributed by atoms with E-state index < -0.39 is 0 Å². The minimum atomic E-state index is 0.0673. The number of hydrogen-bond acceptors (Lipinski definition) is 4. The Balaban J connectivity index is 1.48. The third-order valence-corrected chi connectivity index (χ3v) is 5.95. The average Bonchev–Trinajstić information content (AvgIpc) is 3.52. The van der Waals surface area contributed by atoms with Gasteiger partial charge >= 0.3 is 0 Å². The van der Waals surface area contributed by atoms with Crippen LogP contribution < -0.4 is 10.6 Å². The molecule has 0 radical (unpaired) electrons. The molecule has 7 nitrogen and oxygen atoms in total. The van der Waals surface area contributed by atoms with Crippen LogP contribution in [0, 0.1) is 5.41 Å². The molecule has 7 heteroatoms. The number of hydrogen-bond donors (Lipinski definition) is 2. The van der Waals surface area contributed by atoms with Gasteiger partial charge in [0.05, 0.1) is 13.2 Å². The predicted octanol–water partition coefficient (Wildman–Crippen LogP) is 1.36. The van der Waals surface area contributed by atoms with E-state index in [0.29, 0.717) is 25.1 Å². The standard InChI is InChI=1S/C23H37N5O2/c1-3-24-22(26-19-23(9-10-23)17-20-7-5-4-6-8-20)28-14-12-27(13-15-28)18-21(29)25-11-16-30-2/h4-8H,3,9-19H2,1-2H3,(H,24,26)(H,25,29). The molecule has 0 bridgehead atoms. The highest BCUT2D eigenvalue weighted by molar-refractivity contribution is 5.80. The van der Waals surface area contributed by atoms with Crippen molar-refractivity contribution >= 4 is 11.9 Å². The van der Waals surface area contributed by atoms with E-state index in [2.05, 4.69) is 57.7 Å². The Bertz CT molecular complexity index is 682. The summed E-state index contributed by atoms with van der Waals surface area (Å²) in [5.41, 5.74) is 1.75. The van der Waals surface area contributed by atoms with Crippen LogP contribution in [-0.2, 0) is 16.0 Å². The number of benzene rings is 1. The van der Waals surface area contributed by atoms with Crippen LogP contribution in [0.25, 0.3) is 0 Å². The van der Waals surface area contributed by atoms with Crippen molar-refractivity contribution in [2.75, 3.05) is 66.1 Å². The van der Waals surface area contributed by atoms with Gasteiger partial charge in [-0.2, -0.15) is 0 Å². The van der Waals surface area contributed by atoms with Gasteiger partial charge in [-0.3, -0.25) is 14.7 Å². The third kappa shape index (κ3) is 6.99. The highest BCUT2D eigenvalue weighted by Crippen LogP contribution is 2.48. The van der Waals surface area contributed by atoms with Crippen LogP contribution in [0.2, 0.25) is 0 Å². The Morgan fingerprint density at radius 3 is 2.50 bits per heavy atom. The number of aliphatic imine (C=N–C) groups is 1. The zero-order valence-electron chi connectivity index (χ0n) is 18.5. The zero-order chi connectivity index (χ0) is 21.2. The molecule has 1 amide bonds. The minimum absolute atomic E-state index is 0.0673. The highest BCUT2D eigenvalue weighted by Gasteiger charge is 2.42. The van der Waals surface area contributed by atoms with Gasteiger partial charge in [-0.25, -0.2) is 0 Å². The Labute approximate surface area is 180 Å². The van der Waals surface area contributed by atoms with Crippen molar-refractivity contribution in [2.45, 2.75) is 26.2 Å². The Morgan fingerprint density at radius 1 is 1.13 bits per heavy atom. The van der Waals surface area contributed by atoms with Crippen LogP contribution in [-0.4, -0.2) is 87.7 Å². The lowest BCUT2D eigenvalue weighted by Crippen LogP contribution is -2.54. The van der Waals surface area contributed by atoms with Gasteiger partial charge in [-0.1, -0.05) is 30.3 Å². The molecular weight excluding hydrogens is 378 g/mol. The third-order valence-electron chi connectivity index (χ3n) is 5.95. The van der Waals surface area contributed by atoms with Crippen molar-refractivity contribution in [3.8, 4) is 0 Å². The van der Waals surface area contributed by atoms with E-state index in [1.807, 2.05) is 0 Å². The van der Waals surface area contributed by atoms with E-state index in [4.69, 9.17) is 9.73 Å². The van der Waals surface area contributed by atoms with Gasteiger partial charge in [0, 0.05) is 52.9 Å². The quantitative estimate of drug-likeness (QED) is 0.343. The summed E-state index contributed by atoms with van der Waals surface area (Å²) in [6.07, 6.45) is 3.64. The number of carbonyl (C=O) groups excluding carboxylic acids is 1. The van der Waals surface area contributed by atoms with Gasteiger partial charge in [0.15, 0.2) is 5.96 Å². The number of ether oxygens (including phenoxy) is 1. The predicted molar refractivity (Wildman–Crippen MR) is 121 cm³/mol. The molecule has 1 heterocycles. The molecule has 2 N–H and O–H groups in total. The highest BCUT2D eigenvalue weighted by atomic mass is 16.5. The van der Waals surface area contributed by atoms with Crippen molar-refractivity contribution in [1.82, 2.24) is 20.4 Å². The van der Waals surface area contributed by atoms with Crippen molar-refractivity contribution in [1.29, 1.82) is 0 Å². The molecule has 166 valence electrons. The van der Waals surface area contributed by atoms with Crippen molar-refractivity contribution < 1.29 is 9.53 Å². The van der Waals surface area contributed by atoms with Gasteiger partial charge in [-0.05, 0) is 37.2 Å². The minimum Gasteiger partial charge on any atom is -0.383 e. The first kappa shape index (κ1) is 22.6. The van der Waals surface area contributed by atoms with Gasteiger partial charge in [0.2, 0.25) is 5.91 Å². The van der Waals surface area contributed by atoms with Crippen LogP contribution in [0.15, 0.2) is 35.3 Å². The topological polar surface area (TPSA) is 69.2 Å². The van der Waals surface area contributed by atoms with Crippen molar-refractivity contribution in [3.63, 3.8) is 0 Å². The van der Waals surface area contributed by atoms with Crippen LogP contribution in [0.5, 0.6) is 0 Å². The number of amides is 1. The van der Waals surface area contributed by atoms with E-state index in [1.165, 1.54) is 18.4 Å². The number of methoxy groups -OCH3 is 1. The molecule has 1 saturated carbocycles. The molecule has 3 rings (SSSR count). The molecule has 0 unspecified atom stereocenters. The summed E-state index contributed by atoms with van der Waals surface area (Å²) in [5.74, 6) is 1.08. The first-order valence-corrected chi connectivity index (χ1v) is 11.2. The summed E-state index contributed by atoms with van der Waals surface area (Å²) < 4.78 is 4.97. The largest absolute Gasteiger partial charge is 0.383 e. The molecule has 1 aromatic carbocycles. The normalized spacial score (nSPS) is 18.9. The maximum absolute atomic E-state index is 12.0. The molecule has 1 aliphatic carbocycles. The Morgan fingerprint density at radius 2 is 1.87 bits per heavy atom. The molecule has 2 aliphatic rings. The molecule has 1 saturated heterocycles. The number of piperazine rings is 1. The lowest BCUT2D eigenvalue weighted by atomic mass is 9.97. The lowest BCUT2D eigenvalue weighted by molar-refractivity contribution is -0.122. The molecule has 30 heavy (non-hydrogen) atoms. The Kier molecular flexibility index (Phi) is 8.51. The van der Waals surface area contributed by atoms with E-state index in [9.17, 15) is 4.79 Å². The fraction of sp³-hybridized carbons (Fsp3) is 0.652. The van der Waals surface area contributed by atoms with Gasteiger partial charge < -0.3 is 20.3 Å². The maximum atomic E-state index is 12.0. The number of carbonyl (C=O) groups is 1. The molecule has 0 atom stereocenters. The molecule has 1 aromatic rings. The molecule has 1 aliphatic heterocycles. The molecule has 0 spiro atoms. The van der Waals surface area contributed by atoms with E-state index in [1.54, 1.807) is 7.11 Å². The second-order valence-corrected chi connectivity index (χ2v) is 8.44. The van der Waals surface area contributed by atoms with Crippen LogP contribution in [0.3, 0.4) is 0 Å². The van der Waals surface area contributed by atoms with Crippen molar-refractivity contribution in [3.05, 3.63) is 35.9 Å². The summed E-state index contributed by atoms with van der Waals surface area (Å²) in [6.45, 7) is 8.96. The van der Waals surface area contributed by atoms with E-state index >= 15 is 0 Å². The summed E-state index contributed by atoms with van der Waals surface area (Å²) in [4.78, 5) is 21.6. The average molecular weight is 416 g/mol. The SMILES string of the molecule is CCNC(=NCC1(Cc2ccccc2)CC1)N1CCN(CC(=O)NCCOC)CC1. The molecular formula is C23H37N5O2. The molecule has 0 aromatic heterocycles. The van der Waals surface area contributed by atoms with E-state index in [-0.39, 0.29) is 5.91 Å². The second-order valence-electron chi connectivity index (χ2n) is 8.44. The number of rotatable bonds is 10. The smallest absolute Gasteiger partial charge is 0.234 e. The fourth-order valence-corrected chi connectivity index (χ4v) is 3.93. The summed E-state index contributed by atoms with van der Waals surface area (Å²) in [6, 6.07) is 10.8. The van der Waals surface area contributed by atoms with Gasteiger partial charge in [0.1, 0.15) is 0 Å². The van der Waals surface area contributed by atoms with Crippen molar-refractivity contribution in [2.24, 2.45) is 10.4 Å². The van der Waals surface area contributed by atoms with E-state index in [0.717, 1.165) is 51.6 Å². The molecule has 2 fully saturated rings. The summed E-state index contributed by atoms with van der Waals surface area (Å²) >= 11 is 0. The van der Waals surface area contributed by atoms with Gasteiger partial charge in [0.25, 0.3) is 0 Å². The summed E-state index contributed by atoms with van der Waals surface area (Å²) in [5, 5.41) is 6.36. The number of nitrogens with zero attached hydrogens (tertiary/aromatic N) is 3. The van der Waals surface area contributed by atoms with Crippen LogP contribution in [0.4, 0.5) is 0 Å². The summed E-state index contributed by atoms with van der Waals surface area (Å²) in [7, 11) is 1.64. The zero-order valence-corrected chi connectivity index (χ0v) is 18.5. The first-order chi connectivity index (χ1) is 14.6. The van der Waals surface area contributed by atoms with Crippen LogP contribution >= 0.6 is 0 Å².